The quantitative estimate of drug-likeness (QED) is 0.898. The molecule has 96 valence electrons. The fraction of sp³-hybridized carbons (Fsp3) is 0.429. The van der Waals surface area contributed by atoms with E-state index in [1.54, 1.807) is 11.3 Å². The highest BCUT2D eigenvalue weighted by molar-refractivity contribution is 7.10. The van der Waals surface area contributed by atoms with E-state index in [1.807, 2.05) is 31.4 Å². The summed E-state index contributed by atoms with van der Waals surface area (Å²) in [7, 11) is 1.99. The predicted molar refractivity (Wildman–Crippen MR) is 76.9 cm³/mol. The Balaban J connectivity index is 2.24. The number of likely N-dealkylation sites (N-methyl/N-ethyl adjacent to an activating group) is 1. The Labute approximate surface area is 112 Å². The second kappa shape index (κ2) is 6.07. The van der Waals surface area contributed by atoms with Gasteiger partial charge in [0.05, 0.1) is 16.4 Å². The molecule has 1 atom stereocenters. The number of rotatable bonds is 5. The molecule has 2 rings (SSSR count). The summed E-state index contributed by atoms with van der Waals surface area (Å²) in [6.45, 7) is 5.44. The Morgan fingerprint density at radius 2 is 2.11 bits per heavy atom. The smallest absolute Gasteiger partial charge is 0.0998 e. The van der Waals surface area contributed by atoms with E-state index in [-0.39, 0.29) is 0 Å². The van der Waals surface area contributed by atoms with Gasteiger partial charge in [-0.15, -0.1) is 11.3 Å². The Bertz CT molecular complexity index is 479. The maximum absolute atomic E-state index is 4.74. The first-order valence-electron chi connectivity index (χ1n) is 6.23. The minimum atomic E-state index is 0.470. The zero-order valence-electron chi connectivity index (χ0n) is 11.1. The van der Waals surface area contributed by atoms with E-state index in [2.05, 4.69) is 29.5 Å². The first-order valence-corrected chi connectivity index (χ1v) is 7.11. The maximum atomic E-state index is 4.74. The summed E-state index contributed by atoms with van der Waals surface area (Å²) in [4.78, 5) is 9.08. The molecule has 0 aromatic carbocycles. The fourth-order valence-electron chi connectivity index (χ4n) is 1.92. The third kappa shape index (κ3) is 2.94. The summed E-state index contributed by atoms with van der Waals surface area (Å²) < 4.78 is 0. The van der Waals surface area contributed by atoms with Gasteiger partial charge in [-0.3, -0.25) is 4.98 Å². The molecule has 0 fully saturated rings. The number of thiazole rings is 1. The van der Waals surface area contributed by atoms with Gasteiger partial charge in [-0.1, -0.05) is 19.9 Å². The van der Waals surface area contributed by atoms with Crippen LogP contribution in [0.15, 0.2) is 29.8 Å². The van der Waals surface area contributed by atoms with Crippen molar-refractivity contribution in [1.82, 2.24) is 15.3 Å². The minimum Gasteiger partial charge on any atom is -0.319 e. The highest BCUT2D eigenvalue weighted by atomic mass is 32.1. The van der Waals surface area contributed by atoms with Gasteiger partial charge < -0.3 is 5.32 Å². The monoisotopic (exact) mass is 261 g/mol. The van der Waals surface area contributed by atoms with Crippen molar-refractivity contribution < 1.29 is 0 Å². The van der Waals surface area contributed by atoms with Crippen molar-refractivity contribution in [3.05, 3.63) is 34.8 Å². The Hall–Kier alpha value is -1.26. The van der Waals surface area contributed by atoms with Crippen molar-refractivity contribution in [1.29, 1.82) is 0 Å². The molecular weight excluding hydrogens is 242 g/mol. The first kappa shape index (κ1) is 13.2. The minimum absolute atomic E-state index is 0.470. The van der Waals surface area contributed by atoms with Crippen molar-refractivity contribution >= 4 is 11.3 Å². The van der Waals surface area contributed by atoms with Gasteiger partial charge in [-0.2, -0.15) is 0 Å². The summed E-state index contributed by atoms with van der Waals surface area (Å²) in [5, 5.41) is 6.54. The van der Waals surface area contributed by atoms with E-state index in [0.717, 1.165) is 17.9 Å². The molecule has 0 aliphatic carbocycles. The van der Waals surface area contributed by atoms with Crippen LogP contribution in [0.3, 0.4) is 0 Å². The SMILES string of the molecule is CNCC(c1nc(-c2ccccn2)cs1)C(C)C. The van der Waals surface area contributed by atoms with Crippen LogP contribution in [0, 0.1) is 5.92 Å². The third-order valence-electron chi connectivity index (χ3n) is 3.00. The molecule has 0 aliphatic rings. The van der Waals surface area contributed by atoms with Crippen molar-refractivity contribution in [2.24, 2.45) is 5.92 Å². The van der Waals surface area contributed by atoms with Crippen LogP contribution in [0.4, 0.5) is 0 Å². The zero-order valence-corrected chi connectivity index (χ0v) is 11.9. The van der Waals surface area contributed by atoms with E-state index < -0.39 is 0 Å². The van der Waals surface area contributed by atoms with Crippen molar-refractivity contribution in [2.45, 2.75) is 19.8 Å². The molecule has 0 spiro atoms. The van der Waals surface area contributed by atoms with Crippen LogP contribution < -0.4 is 5.32 Å². The van der Waals surface area contributed by atoms with Gasteiger partial charge in [0, 0.05) is 24.0 Å². The van der Waals surface area contributed by atoms with Crippen molar-refractivity contribution in [3.8, 4) is 11.4 Å². The summed E-state index contributed by atoms with van der Waals surface area (Å²) in [5.74, 6) is 1.05. The van der Waals surface area contributed by atoms with Gasteiger partial charge in [-0.05, 0) is 25.1 Å². The summed E-state index contributed by atoms with van der Waals surface area (Å²) >= 11 is 1.73. The average molecular weight is 261 g/mol. The molecule has 18 heavy (non-hydrogen) atoms. The fourth-order valence-corrected chi connectivity index (χ4v) is 3.01. The van der Waals surface area contributed by atoms with Gasteiger partial charge in [0.15, 0.2) is 0 Å². The highest BCUT2D eigenvalue weighted by Crippen LogP contribution is 2.29. The molecular formula is C14H19N3S. The van der Waals surface area contributed by atoms with E-state index in [1.165, 1.54) is 5.01 Å². The van der Waals surface area contributed by atoms with E-state index >= 15 is 0 Å². The van der Waals surface area contributed by atoms with E-state index in [0.29, 0.717) is 11.8 Å². The molecule has 2 aromatic heterocycles. The molecule has 2 heterocycles. The van der Waals surface area contributed by atoms with Gasteiger partial charge in [0.2, 0.25) is 0 Å². The topological polar surface area (TPSA) is 37.8 Å². The molecule has 0 saturated heterocycles. The molecule has 0 radical (unpaired) electrons. The number of aromatic nitrogens is 2. The normalized spacial score (nSPS) is 12.9. The van der Waals surface area contributed by atoms with Gasteiger partial charge in [0.25, 0.3) is 0 Å². The molecule has 0 amide bonds. The van der Waals surface area contributed by atoms with Gasteiger partial charge in [0.1, 0.15) is 0 Å². The van der Waals surface area contributed by atoms with Crippen LogP contribution >= 0.6 is 11.3 Å². The largest absolute Gasteiger partial charge is 0.319 e. The van der Waals surface area contributed by atoms with Crippen molar-refractivity contribution in [3.63, 3.8) is 0 Å². The standard InChI is InChI=1S/C14H19N3S/c1-10(2)11(8-15-3)14-17-13(9-18-14)12-6-4-5-7-16-12/h4-7,9-11,15H,8H2,1-3H3. The molecule has 3 nitrogen and oxygen atoms in total. The Morgan fingerprint density at radius 1 is 1.28 bits per heavy atom. The molecule has 4 heteroatoms. The van der Waals surface area contributed by atoms with Crippen molar-refractivity contribution in [2.75, 3.05) is 13.6 Å². The van der Waals surface area contributed by atoms with Crippen LogP contribution in [0.5, 0.6) is 0 Å². The number of nitrogens with one attached hydrogen (secondary N) is 1. The summed E-state index contributed by atoms with van der Waals surface area (Å²) in [5.41, 5.74) is 1.93. The number of hydrogen-bond donors (Lipinski definition) is 1. The second-order valence-corrected chi connectivity index (χ2v) is 5.58. The molecule has 1 unspecified atom stereocenters. The van der Waals surface area contributed by atoms with Crippen LogP contribution in [-0.2, 0) is 0 Å². The first-order chi connectivity index (χ1) is 8.72. The molecule has 2 aromatic rings. The van der Waals surface area contributed by atoms with E-state index in [4.69, 9.17) is 4.98 Å². The number of hydrogen-bond acceptors (Lipinski definition) is 4. The van der Waals surface area contributed by atoms with Crippen LogP contribution in [0.25, 0.3) is 11.4 Å². The lowest BCUT2D eigenvalue weighted by Crippen LogP contribution is -2.21. The predicted octanol–water partition coefficient (Wildman–Crippen LogP) is 3.16. The molecule has 0 aliphatic heterocycles. The summed E-state index contributed by atoms with van der Waals surface area (Å²) in [6.07, 6.45) is 1.81. The second-order valence-electron chi connectivity index (χ2n) is 4.69. The summed E-state index contributed by atoms with van der Waals surface area (Å²) in [6, 6.07) is 5.92. The Kier molecular flexibility index (Phi) is 4.44. The number of nitrogens with zero attached hydrogens (tertiary/aromatic N) is 2. The van der Waals surface area contributed by atoms with Crippen LogP contribution in [0.1, 0.15) is 24.8 Å². The van der Waals surface area contributed by atoms with Gasteiger partial charge in [-0.25, -0.2) is 4.98 Å². The molecule has 1 N–H and O–H groups in total. The van der Waals surface area contributed by atoms with Crippen LogP contribution in [0.2, 0.25) is 0 Å². The average Bonchev–Trinajstić information content (AvgIpc) is 2.86. The lowest BCUT2D eigenvalue weighted by atomic mass is 9.96. The molecule has 0 bridgehead atoms. The Morgan fingerprint density at radius 3 is 2.72 bits per heavy atom. The lowest BCUT2D eigenvalue weighted by molar-refractivity contribution is 0.477. The highest BCUT2D eigenvalue weighted by Gasteiger charge is 2.19. The molecule has 0 saturated carbocycles. The lowest BCUT2D eigenvalue weighted by Gasteiger charge is -2.17. The van der Waals surface area contributed by atoms with Crippen LogP contribution in [-0.4, -0.2) is 23.6 Å². The van der Waals surface area contributed by atoms with E-state index in [9.17, 15) is 0 Å². The van der Waals surface area contributed by atoms with Gasteiger partial charge >= 0.3 is 0 Å². The number of pyridine rings is 1. The third-order valence-corrected chi connectivity index (χ3v) is 3.97. The zero-order chi connectivity index (χ0) is 13.0. The maximum Gasteiger partial charge on any atom is 0.0998 e.